The number of hydrogen-bond acceptors (Lipinski definition) is 17. The molecule has 4 aliphatic heterocycles. The summed E-state index contributed by atoms with van der Waals surface area (Å²) >= 11 is 0. The Kier molecular flexibility index (Phi) is 15.0. The smallest absolute Gasteiger partial charge is 0.333 e. The zero-order valence-corrected chi connectivity index (χ0v) is 27.9. The van der Waals surface area contributed by atoms with Crippen LogP contribution in [0.15, 0.2) is 0 Å². The first kappa shape index (κ1) is 40.4. The Morgan fingerprint density at radius 2 is 1.37 bits per heavy atom. The van der Waals surface area contributed by atoms with Gasteiger partial charge in [0.15, 0.2) is 18.9 Å². The lowest BCUT2D eigenvalue weighted by atomic mass is 9.98. The van der Waals surface area contributed by atoms with Crippen LogP contribution in [0.2, 0.25) is 0 Å². The fraction of sp³-hybridized carbons (Fsp3) is 0.800. The molecule has 0 spiro atoms. The molecule has 4 fully saturated rings. The number of ether oxygens (including phenoxy) is 5. The van der Waals surface area contributed by atoms with Crippen molar-refractivity contribution in [3.63, 3.8) is 0 Å². The van der Waals surface area contributed by atoms with E-state index in [1.165, 1.54) is 6.92 Å². The summed E-state index contributed by atoms with van der Waals surface area (Å²) in [6.07, 6.45) is -15.7. The van der Waals surface area contributed by atoms with Crippen molar-refractivity contribution in [3.8, 4) is 0 Å². The van der Waals surface area contributed by atoms with Crippen LogP contribution in [-0.2, 0) is 57.3 Å². The van der Waals surface area contributed by atoms with Crippen molar-refractivity contribution >= 4 is 35.5 Å². The summed E-state index contributed by atoms with van der Waals surface area (Å²) < 4.78 is 27.7. The van der Waals surface area contributed by atoms with E-state index in [0.717, 1.165) is 0 Å². The zero-order valence-electron chi connectivity index (χ0n) is 27.9. The maximum atomic E-state index is 13.1. The first-order chi connectivity index (χ1) is 24.3. The third-order valence-electron chi connectivity index (χ3n) is 8.53. The van der Waals surface area contributed by atoms with Crippen LogP contribution in [0.25, 0.3) is 0 Å². The second kappa shape index (κ2) is 18.9. The Hall–Kier alpha value is -3.38. The summed E-state index contributed by atoms with van der Waals surface area (Å²) in [6, 6.07) is -1.18. The quantitative estimate of drug-likeness (QED) is 0.0900. The molecule has 0 radical (unpaired) electrons. The highest BCUT2D eigenvalue weighted by molar-refractivity contribution is 6.01. The lowest BCUT2D eigenvalue weighted by molar-refractivity contribution is -0.382. The molecule has 4 aliphatic rings. The number of carbonyl (C=O) groups excluding carboxylic acids is 6. The van der Waals surface area contributed by atoms with E-state index in [0.29, 0.717) is 5.06 Å². The minimum Gasteiger partial charge on any atom is -0.388 e. The molecular formula is C30H46N4O17. The van der Waals surface area contributed by atoms with Crippen molar-refractivity contribution in [2.24, 2.45) is 0 Å². The normalized spacial score (nSPS) is 36.1. The second-order valence-electron chi connectivity index (χ2n) is 12.4. The number of carbonyl (C=O) groups is 6. The lowest BCUT2D eigenvalue weighted by Crippen LogP contribution is -2.64. The fourth-order valence-corrected chi connectivity index (χ4v) is 5.62. The largest absolute Gasteiger partial charge is 0.388 e. The minimum absolute atomic E-state index is 0.0414. The number of rotatable bonds is 7. The molecule has 21 heteroatoms. The summed E-state index contributed by atoms with van der Waals surface area (Å²) in [5.41, 5.74) is 0. The number of nitrogens with one attached hydrogen (secondary N) is 3. The number of hydrogen-bond donors (Lipinski definition) is 8. The molecular weight excluding hydrogens is 688 g/mol. The van der Waals surface area contributed by atoms with E-state index < -0.39 is 103 Å². The predicted molar refractivity (Wildman–Crippen MR) is 163 cm³/mol. The van der Waals surface area contributed by atoms with Gasteiger partial charge in [-0.05, 0) is 26.2 Å². The molecule has 4 heterocycles. The predicted octanol–water partition coefficient (Wildman–Crippen LogP) is -4.68. The highest BCUT2D eigenvalue weighted by Gasteiger charge is 2.50. The molecule has 288 valence electrons. The Labute approximate surface area is 291 Å². The second-order valence-corrected chi connectivity index (χ2v) is 12.4. The average Bonchev–Trinajstić information content (AvgIpc) is 3.41. The Bertz CT molecular complexity index is 1240. The molecule has 4 saturated heterocycles. The molecule has 5 amide bonds. The van der Waals surface area contributed by atoms with Crippen molar-refractivity contribution < 1.29 is 82.8 Å². The average molecular weight is 735 g/mol. The van der Waals surface area contributed by atoms with E-state index in [1.54, 1.807) is 0 Å². The van der Waals surface area contributed by atoms with Crippen LogP contribution >= 0.6 is 0 Å². The molecule has 21 nitrogen and oxygen atoms in total. The van der Waals surface area contributed by atoms with Crippen LogP contribution in [0.3, 0.4) is 0 Å². The number of unbranched alkanes of at least 4 members (excludes halogenated alkanes) is 1. The molecule has 0 aromatic carbocycles. The van der Waals surface area contributed by atoms with Gasteiger partial charge in [-0.3, -0.25) is 24.0 Å². The molecule has 0 aromatic rings. The number of amides is 5. The van der Waals surface area contributed by atoms with E-state index >= 15 is 0 Å². The number of nitrogens with zero attached hydrogens (tertiary/aromatic N) is 1. The highest BCUT2D eigenvalue weighted by atomic mass is 16.8. The summed E-state index contributed by atoms with van der Waals surface area (Å²) in [7, 11) is 0. The SMILES string of the molecule is C[C@@H]1O[C@H]2OCCNC(=O)CC[C@H](NC(=O)CCCCC(=O)ON3C(=O)CCC3=O)C(=O)NCCO[C@@H]3O[C@@H](O[C@@H]([C@@H]2O)[C@@H]1O)[C@@H](O)[C@@H](O)[C@@H]3O. The molecule has 0 aromatic heterocycles. The van der Waals surface area contributed by atoms with E-state index in [2.05, 4.69) is 16.0 Å². The van der Waals surface area contributed by atoms with Gasteiger partial charge in [0.1, 0.15) is 42.7 Å². The van der Waals surface area contributed by atoms with Crippen LogP contribution in [0.4, 0.5) is 0 Å². The van der Waals surface area contributed by atoms with Crippen LogP contribution in [-0.4, -0.2) is 160 Å². The van der Waals surface area contributed by atoms with Crippen molar-refractivity contribution in [2.75, 3.05) is 26.3 Å². The molecule has 0 saturated carbocycles. The zero-order chi connectivity index (χ0) is 37.2. The van der Waals surface area contributed by atoms with Gasteiger partial charge in [-0.15, -0.1) is 5.06 Å². The minimum atomic E-state index is -1.83. The van der Waals surface area contributed by atoms with E-state index in [1.807, 2.05) is 0 Å². The summed E-state index contributed by atoms with van der Waals surface area (Å²) in [6.45, 7) is 0.783. The van der Waals surface area contributed by atoms with Gasteiger partial charge in [0.25, 0.3) is 11.8 Å². The lowest BCUT2D eigenvalue weighted by Gasteiger charge is -2.45. The summed E-state index contributed by atoms with van der Waals surface area (Å²) in [4.78, 5) is 78.3. The summed E-state index contributed by atoms with van der Waals surface area (Å²) in [5.74, 6) is -3.76. The molecule has 11 atom stereocenters. The maximum Gasteiger partial charge on any atom is 0.333 e. The van der Waals surface area contributed by atoms with Gasteiger partial charge < -0.3 is 70.0 Å². The highest BCUT2D eigenvalue weighted by Crippen LogP contribution is 2.30. The van der Waals surface area contributed by atoms with E-state index in [9.17, 15) is 54.3 Å². The third-order valence-corrected chi connectivity index (χ3v) is 8.53. The van der Waals surface area contributed by atoms with Crippen molar-refractivity contribution in [1.29, 1.82) is 0 Å². The standard InChI is InChI=1S/C30H46N4O17/c1-14-21(40)26-25(44)29(48-14)47-12-10-31-16(35)7-6-15(27(45)32-11-13-46-28-23(42)22(41)24(43)30(49-26)50-28)33-17(36)4-2-3-5-20(39)51-34-18(37)8-9-19(34)38/h14-15,21-26,28-30,40-44H,2-13H2,1H3,(H,31,35)(H,32,45)(H,33,36)/t14-,15-,21+,22-,23-,24-,25-,26+,28+,29+,30+/m0/s1. The Balaban J connectivity index is 1.34. The number of aliphatic hydroxyl groups excluding tert-OH is 5. The Morgan fingerprint density at radius 3 is 2.06 bits per heavy atom. The number of hydroxylamine groups is 2. The molecule has 4 rings (SSSR count). The molecule has 4 bridgehead atoms. The van der Waals surface area contributed by atoms with Gasteiger partial charge in [-0.2, -0.15) is 0 Å². The van der Waals surface area contributed by atoms with Crippen LogP contribution in [0.1, 0.15) is 58.3 Å². The van der Waals surface area contributed by atoms with Crippen LogP contribution in [0, 0.1) is 0 Å². The van der Waals surface area contributed by atoms with Crippen LogP contribution in [0.5, 0.6) is 0 Å². The maximum absolute atomic E-state index is 13.1. The molecule has 0 aliphatic carbocycles. The van der Waals surface area contributed by atoms with Gasteiger partial charge in [-0.25, -0.2) is 4.79 Å². The van der Waals surface area contributed by atoms with Gasteiger partial charge in [0.05, 0.1) is 19.3 Å². The number of imide groups is 1. The first-order valence-corrected chi connectivity index (χ1v) is 16.8. The summed E-state index contributed by atoms with van der Waals surface area (Å²) in [5, 5.41) is 61.0. The van der Waals surface area contributed by atoms with Crippen LogP contribution < -0.4 is 16.0 Å². The first-order valence-electron chi connectivity index (χ1n) is 16.8. The third kappa shape index (κ3) is 11.1. The molecule has 51 heavy (non-hydrogen) atoms. The molecule has 8 N–H and O–H groups in total. The van der Waals surface area contributed by atoms with E-state index in [-0.39, 0.29) is 77.7 Å². The molecule has 0 unspecified atom stereocenters. The van der Waals surface area contributed by atoms with E-state index in [4.69, 9.17) is 28.5 Å². The van der Waals surface area contributed by atoms with Crippen molar-refractivity contribution in [1.82, 2.24) is 21.0 Å². The number of fused-ring (bicyclic) bond motifs is 4. The topological polar surface area (TPSA) is 298 Å². The van der Waals surface area contributed by atoms with Crippen molar-refractivity contribution in [3.05, 3.63) is 0 Å². The van der Waals surface area contributed by atoms with Gasteiger partial charge in [0.2, 0.25) is 17.7 Å². The van der Waals surface area contributed by atoms with Gasteiger partial charge in [0, 0.05) is 45.2 Å². The monoisotopic (exact) mass is 734 g/mol. The van der Waals surface area contributed by atoms with Crippen molar-refractivity contribution in [2.45, 2.75) is 126 Å². The van der Waals surface area contributed by atoms with Gasteiger partial charge in [-0.1, -0.05) is 0 Å². The number of aliphatic hydroxyl groups is 5. The van der Waals surface area contributed by atoms with Gasteiger partial charge >= 0.3 is 5.97 Å². The Morgan fingerprint density at radius 1 is 0.765 bits per heavy atom. The fourth-order valence-electron chi connectivity index (χ4n) is 5.62.